The Bertz CT molecular complexity index is 817. The highest BCUT2D eigenvalue weighted by atomic mass is 32.2. The number of hydrogen-bond acceptors (Lipinski definition) is 4. The predicted octanol–water partition coefficient (Wildman–Crippen LogP) is 3.15. The van der Waals surface area contributed by atoms with E-state index in [1.54, 1.807) is 27.7 Å². The molecule has 0 N–H and O–H groups in total. The summed E-state index contributed by atoms with van der Waals surface area (Å²) >= 11 is 0. The molecule has 0 bridgehead atoms. The van der Waals surface area contributed by atoms with Gasteiger partial charge in [0.15, 0.2) is 0 Å². The van der Waals surface area contributed by atoms with Crippen molar-refractivity contribution in [2.24, 2.45) is 5.92 Å². The quantitative estimate of drug-likeness (QED) is 0.687. The summed E-state index contributed by atoms with van der Waals surface area (Å²) in [6.07, 6.45) is -5.12. The van der Waals surface area contributed by atoms with E-state index in [0.29, 0.717) is 4.90 Å². The van der Waals surface area contributed by atoms with Gasteiger partial charge in [0.25, 0.3) is 5.91 Å². The highest BCUT2D eigenvalue weighted by Gasteiger charge is 2.35. The number of benzene rings is 1. The highest BCUT2D eigenvalue weighted by Crippen LogP contribution is 2.24. The molecule has 1 aliphatic heterocycles. The van der Waals surface area contributed by atoms with Crippen LogP contribution in [0.1, 0.15) is 38.1 Å². The van der Waals surface area contributed by atoms with Crippen molar-refractivity contribution in [3.8, 4) is 0 Å². The second-order valence-electron chi connectivity index (χ2n) is 7.80. The Morgan fingerprint density at radius 1 is 1.24 bits per heavy atom. The number of rotatable bonds is 6. The summed E-state index contributed by atoms with van der Waals surface area (Å²) in [6.45, 7) is 5.79. The van der Waals surface area contributed by atoms with Gasteiger partial charge in [-0.05, 0) is 38.0 Å². The molecule has 1 aromatic carbocycles. The van der Waals surface area contributed by atoms with Crippen molar-refractivity contribution in [1.29, 1.82) is 0 Å². The number of ether oxygens (including phenoxy) is 1. The van der Waals surface area contributed by atoms with Crippen LogP contribution in [0.5, 0.6) is 0 Å². The number of halogens is 3. The van der Waals surface area contributed by atoms with E-state index in [9.17, 15) is 26.4 Å². The van der Waals surface area contributed by atoms with Gasteiger partial charge in [0.05, 0.1) is 17.1 Å². The first-order valence-electron chi connectivity index (χ1n) is 9.41. The van der Waals surface area contributed by atoms with E-state index in [1.165, 1.54) is 22.5 Å². The van der Waals surface area contributed by atoms with Crippen LogP contribution in [0.4, 0.5) is 13.2 Å². The Labute approximate surface area is 169 Å². The third kappa shape index (κ3) is 6.42. The van der Waals surface area contributed by atoms with E-state index in [-0.39, 0.29) is 48.2 Å². The van der Waals surface area contributed by atoms with Crippen LogP contribution in [0.2, 0.25) is 0 Å². The van der Waals surface area contributed by atoms with Gasteiger partial charge in [-0.2, -0.15) is 17.5 Å². The summed E-state index contributed by atoms with van der Waals surface area (Å²) in [6, 6.07) is 5.18. The number of nitrogens with zero attached hydrogens (tertiary/aromatic N) is 2. The van der Waals surface area contributed by atoms with Gasteiger partial charge in [-0.15, -0.1) is 0 Å². The summed E-state index contributed by atoms with van der Waals surface area (Å²) in [5, 5.41) is 0. The first-order chi connectivity index (χ1) is 13.3. The smallest absolute Gasteiger partial charge is 0.373 e. The van der Waals surface area contributed by atoms with Crippen LogP contribution in [-0.2, 0) is 14.8 Å². The number of amides is 1. The van der Waals surface area contributed by atoms with E-state index in [2.05, 4.69) is 0 Å². The SMILES string of the molecule is CC(C)CN(CC(F)(F)F)C(=O)c1cccc(S(=O)(=O)N2CC(C)OC(C)C2)c1. The summed E-state index contributed by atoms with van der Waals surface area (Å²) in [5.74, 6) is -1.03. The topological polar surface area (TPSA) is 66.9 Å². The van der Waals surface area contributed by atoms with Crippen LogP contribution in [-0.4, -0.2) is 68.1 Å². The van der Waals surface area contributed by atoms with Crippen LogP contribution in [0.15, 0.2) is 29.2 Å². The molecule has 0 aromatic heterocycles. The van der Waals surface area contributed by atoms with Crippen molar-refractivity contribution in [2.75, 3.05) is 26.2 Å². The fourth-order valence-corrected chi connectivity index (χ4v) is 4.96. The Morgan fingerprint density at radius 2 is 1.83 bits per heavy atom. The molecular weight excluding hydrogens is 409 g/mol. The van der Waals surface area contributed by atoms with E-state index in [0.717, 1.165) is 6.07 Å². The van der Waals surface area contributed by atoms with Gasteiger partial charge in [0, 0.05) is 25.2 Å². The summed E-state index contributed by atoms with van der Waals surface area (Å²) in [5.41, 5.74) is -0.0923. The summed E-state index contributed by atoms with van der Waals surface area (Å²) in [4.78, 5) is 13.3. The average molecular weight is 436 g/mol. The Morgan fingerprint density at radius 3 is 2.34 bits per heavy atom. The minimum Gasteiger partial charge on any atom is -0.373 e. The van der Waals surface area contributed by atoms with Crippen molar-refractivity contribution in [2.45, 2.75) is 51.0 Å². The number of morpholine rings is 1. The maximum absolute atomic E-state index is 13.0. The lowest BCUT2D eigenvalue weighted by Crippen LogP contribution is -2.48. The molecule has 1 saturated heterocycles. The van der Waals surface area contributed by atoms with Gasteiger partial charge < -0.3 is 9.64 Å². The number of hydrogen-bond donors (Lipinski definition) is 0. The molecule has 1 aliphatic rings. The molecule has 164 valence electrons. The first kappa shape index (κ1) is 23.6. The largest absolute Gasteiger partial charge is 0.406 e. The third-order valence-corrected chi connectivity index (χ3v) is 6.18. The zero-order valence-electron chi connectivity index (χ0n) is 16.9. The van der Waals surface area contributed by atoms with Crippen molar-refractivity contribution >= 4 is 15.9 Å². The van der Waals surface area contributed by atoms with Crippen molar-refractivity contribution in [3.05, 3.63) is 29.8 Å². The molecule has 0 spiro atoms. The van der Waals surface area contributed by atoms with Crippen LogP contribution in [0, 0.1) is 5.92 Å². The molecular formula is C19H27F3N2O4S. The molecule has 1 aromatic rings. The zero-order valence-corrected chi connectivity index (χ0v) is 17.8. The Balaban J connectivity index is 2.32. The molecule has 1 amide bonds. The maximum atomic E-state index is 13.0. The number of alkyl halides is 3. The molecule has 0 aliphatic carbocycles. The lowest BCUT2D eigenvalue weighted by molar-refractivity contribution is -0.141. The van der Waals surface area contributed by atoms with Crippen molar-refractivity contribution in [1.82, 2.24) is 9.21 Å². The molecule has 0 radical (unpaired) electrons. The van der Waals surface area contributed by atoms with Crippen molar-refractivity contribution < 1.29 is 31.1 Å². The number of carbonyl (C=O) groups excluding carboxylic acids is 1. The Hall–Kier alpha value is -1.65. The van der Waals surface area contributed by atoms with Gasteiger partial charge in [-0.3, -0.25) is 4.79 Å². The zero-order chi connectivity index (χ0) is 22.0. The minimum atomic E-state index is -4.55. The molecule has 2 atom stereocenters. The normalized spacial score (nSPS) is 21.4. The monoisotopic (exact) mass is 436 g/mol. The first-order valence-corrected chi connectivity index (χ1v) is 10.9. The van der Waals surface area contributed by atoms with Gasteiger partial charge >= 0.3 is 6.18 Å². The van der Waals surface area contributed by atoms with Gasteiger partial charge in [-0.1, -0.05) is 19.9 Å². The molecule has 1 fully saturated rings. The highest BCUT2D eigenvalue weighted by molar-refractivity contribution is 7.89. The van der Waals surface area contributed by atoms with Crippen LogP contribution in [0.25, 0.3) is 0 Å². The van der Waals surface area contributed by atoms with Gasteiger partial charge in [-0.25, -0.2) is 8.42 Å². The molecule has 2 rings (SSSR count). The van der Waals surface area contributed by atoms with E-state index in [4.69, 9.17) is 4.74 Å². The van der Waals surface area contributed by atoms with Crippen LogP contribution < -0.4 is 0 Å². The maximum Gasteiger partial charge on any atom is 0.406 e. The average Bonchev–Trinajstić information content (AvgIpc) is 2.58. The van der Waals surface area contributed by atoms with Crippen LogP contribution in [0.3, 0.4) is 0 Å². The second kappa shape index (κ2) is 9.01. The molecule has 1 heterocycles. The van der Waals surface area contributed by atoms with Gasteiger partial charge in [0.1, 0.15) is 6.54 Å². The van der Waals surface area contributed by atoms with Gasteiger partial charge in [0.2, 0.25) is 10.0 Å². The molecule has 6 nitrogen and oxygen atoms in total. The second-order valence-corrected chi connectivity index (χ2v) is 9.74. The van der Waals surface area contributed by atoms with E-state index < -0.39 is 28.7 Å². The Kier molecular flexibility index (Phi) is 7.34. The number of sulfonamides is 1. The summed E-state index contributed by atoms with van der Waals surface area (Å²) in [7, 11) is -3.91. The predicted molar refractivity (Wildman–Crippen MR) is 102 cm³/mol. The lowest BCUT2D eigenvalue weighted by atomic mass is 10.1. The molecule has 2 unspecified atom stereocenters. The minimum absolute atomic E-state index is 0.0895. The molecule has 0 saturated carbocycles. The number of carbonyl (C=O) groups is 1. The molecule has 29 heavy (non-hydrogen) atoms. The third-order valence-electron chi connectivity index (χ3n) is 4.35. The van der Waals surface area contributed by atoms with Crippen molar-refractivity contribution in [3.63, 3.8) is 0 Å². The fourth-order valence-electron chi connectivity index (χ4n) is 3.32. The molecule has 10 heteroatoms. The van der Waals surface area contributed by atoms with Crippen LogP contribution >= 0.6 is 0 Å². The fraction of sp³-hybridized carbons (Fsp3) is 0.632. The lowest BCUT2D eigenvalue weighted by Gasteiger charge is -2.34. The van der Waals surface area contributed by atoms with E-state index >= 15 is 0 Å². The van der Waals surface area contributed by atoms with E-state index in [1.807, 2.05) is 0 Å². The standard InChI is InChI=1S/C19H27F3N2O4S/c1-13(2)9-23(12-19(20,21)22)18(25)16-6-5-7-17(8-16)29(26,27)24-10-14(3)28-15(4)11-24/h5-8,13-15H,9-12H2,1-4H3. The summed E-state index contributed by atoms with van der Waals surface area (Å²) < 4.78 is 71.5.